The van der Waals surface area contributed by atoms with Gasteiger partial charge in [-0.3, -0.25) is 4.79 Å². The summed E-state index contributed by atoms with van der Waals surface area (Å²) in [5.74, 6) is 1.16. The fraction of sp³-hybridized carbons (Fsp3) is 0.533. The molecule has 0 spiro atoms. The van der Waals surface area contributed by atoms with Crippen molar-refractivity contribution in [3.63, 3.8) is 0 Å². The van der Waals surface area contributed by atoms with E-state index in [0.717, 1.165) is 11.3 Å². The van der Waals surface area contributed by atoms with Crippen LogP contribution in [-0.4, -0.2) is 45.5 Å². The Hall–Kier alpha value is -1.60. The molecule has 1 saturated heterocycles. The monoisotopic (exact) mass is 326 g/mol. The summed E-state index contributed by atoms with van der Waals surface area (Å²) in [6.45, 7) is 0.968. The van der Waals surface area contributed by atoms with Gasteiger partial charge in [0.2, 0.25) is 5.91 Å². The van der Waals surface area contributed by atoms with Gasteiger partial charge in [-0.2, -0.15) is 0 Å². The lowest BCUT2D eigenvalue weighted by atomic mass is 10.2. The molecular weight excluding hydrogens is 304 g/mol. The average molecular weight is 326 g/mol. The maximum atomic E-state index is 11.7. The van der Waals surface area contributed by atoms with Gasteiger partial charge < -0.3 is 15.4 Å². The van der Waals surface area contributed by atoms with E-state index in [1.54, 1.807) is 7.11 Å². The summed E-state index contributed by atoms with van der Waals surface area (Å²) in [4.78, 5) is 11.7. The molecule has 1 amide bonds. The Labute approximate surface area is 131 Å². The zero-order chi connectivity index (χ0) is 16.0. The molecule has 1 aromatic carbocycles. The average Bonchev–Trinajstić information content (AvgIpc) is 2.85. The number of amides is 1. The minimum absolute atomic E-state index is 0.0145. The topological polar surface area (TPSA) is 84.5 Å². The van der Waals surface area contributed by atoms with Crippen LogP contribution in [0.15, 0.2) is 24.3 Å². The van der Waals surface area contributed by atoms with Gasteiger partial charge in [0.25, 0.3) is 0 Å². The predicted octanol–water partition coefficient (Wildman–Crippen LogP) is 0.478. The van der Waals surface area contributed by atoms with Crippen LogP contribution in [0.5, 0.6) is 5.75 Å². The second kappa shape index (κ2) is 7.60. The smallest absolute Gasteiger partial charge is 0.221 e. The highest BCUT2D eigenvalue weighted by Crippen LogP contribution is 2.12. The van der Waals surface area contributed by atoms with Gasteiger partial charge in [-0.15, -0.1) is 0 Å². The lowest BCUT2D eigenvalue weighted by molar-refractivity contribution is -0.121. The van der Waals surface area contributed by atoms with Crippen molar-refractivity contribution < 1.29 is 17.9 Å². The first-order valence-corrected chi connectivity index (χ1v) is 9.14. The van der Waals surface area contributed by atoms with E-state index in [1.807, 2.05) is 24.3 Å². The molecule has 7 heteroatoms. The van der Waals surface area contributed by atoms with Crippen LogP contribution in [0.2, 0.25) is 0 Å². The van der Waals surface area contributed by atoms with E-state index in [4.69, 9.17) is 4.74 Å². The molecule has 0 radical (unpaired) electrons. The first kappa shape index (κ1) is 16.8. The number of ether oxygens (including phenoxy) is 1. The van der Waals surface area contributed by atoms with Crippen molar-refractivity contribution in [2.24, 2.45) is 0 Å². The Bertz CT molecular complexity index is 598. The van der Waals surface area contributed by atoms with Crippen molar-refractivity contribution in [2.45, 2.75) is 25.4 Å². The number of carbonyl (C=O) groups excluding carboxylic acids is 1. The quantitative estimate of drug-likeness (QED) is 0.761. The zero-order valence-corrected chi connectivity index (χ0v) is 13.5. The Balaban J connectivity index is 1.63. The van der Waals surface area contributed by atoms with Gasteiger partial charge in [0, 0.05) is 25.6 Å². The molecule has 1 aliphatic rings. The van der Waals surface area contributed by atoms with E-state index >= 15 is 0 Å². The molecule has 122 valence electrons. The predicted molar refractivity (Wildman–Crippen MR) is 84.5 cm³/mol. The number of hydrogen-bond donors (Lipinski definition) is 2. The largest absolute Gasteiger partial charge is 0.497 e. The van der Waals surface area contributed by atoms with E-state index in [0.29, 0.717) is 25.9 Å². The zero-order valence-electron chi connectivity index (χ0n) is 12.7. The SMILES string of the molecule is COc1ccc(CNC(=O)CCNC2CCS(=O)(=O)C2)cc1. The lowest BCUT2D eigenvalue weighted by Crippen LogP contribution is -2.34. The first-order valence-electron chi connectivity index (χ1n) is 7.32. The molecule has 6 nitrogen and oxygen atoms in total. The summed E-state index contributed by atoms with van der Waals surface area (Å²) in [7, 11) is -1.26. The highest BCUT2D eigenvalue weighted by molar-refractivity contribution is 7.91. The number of sulfone groups is 1. The molecule has 1 unspecified atom stereocenters. The van der Waals surface area contributed by atoms with Gasteiger partial charge in [-0.25, -0.2) is 8.42 Å². The van der Waals surface area contributed by atoms with E-state index in [-0.39, 0.29) is 23.5 Å². The normalized spacial score (nSPS) is 19.8. The Morgan fingerprint density at radius 1 is 1.32 bits per heavy atom. The molecule has 2 rings (SSSR count). The van der Waals surface area contributed by atoms with E-state index in [2.05, 4.69) is 10.6 Å². The van der Waals surface area contributed by atoms with Gasteiger partial charge >= 0.3 is 0 Å². The highest BCUT2D eigenvalue weighted by atomic mass is 32.2. The van der Waals surface area contributed by atoms with Crippen molar-refractivity contribution in [1.82, 2.24) is 10.6 Å². The maximum absolute atomic E-state index is 11.7. The van der Waals surface area contributed by atoms with Crippen LogP contribution in [0.3, 0.4) is 0 Å². The summed E-state index contributed by atoms with van der Waals surface area (Å²) >= 11 is 0. The molecule has 0 saturated carbocycles. The van der Waals surface area contributed by atoms with E-state index in [9.17, 15) is 13.2 Å². The molecule has 0 aliphatic carbocycles. The van der Waals surface area contributed by atoms with Gasteiger partial charge in [0.1, 0.15) is 5.75 Å². The van der Waals surface area contributed by atoms with Gasteiger partial charge in [0.15, 0.2) is 9.84 Å². The van der Waals surface area contributed by atoms with Gasteiger partial charge in [0.05, 0.1) is 18.6 Å². The molecule has 1 heterocycles. The molecule has 1 atom stereocenters. The third-order valence-corrected chi connectivity index (χ3v) is 5.43. The molecule has 2 N–H and O–H groups in total. The number of carbonyl (C=O) groups is 1. The molecule has 1 aromatic rings. The fourth-order valence-corrected chi connectivity index (χ4v) is 4.09. The summed E-state index contributed by atoms with van der Waals surface area (Å²) in [6, 6.07) is 7.49. The van der Waals surface area contributed by atoms with Crippen LogP contribution in [0.1, 0.15) is 18.4 Å². The Kier molecular flexibility index (Phi) is 5.79. The minimum Gasteiger partial charge on any atom is -0.497 e. The number of rotatable bonds is 7. The third-order valence-electron chi connectivity index (χ3n) is 3.67. The Morgan fingerprint density at radius 3 is 2.64 bits per heavy atom. The first-order chi connectivity index (χ1) is 10.5. The molecule has 1 aliphatic heterocycles. The lowest BCUT2D eigenvalue weighted by Gasteiger charge is -2.10. The standard InChI is InChI=1S/C15H22N2O4S/c1-21-14-4-2-12(3-5-14)10-17-15(18)6-8-16-13-7-9-22(19,20)11-13/h2-5,13,16H,6-11H2,1H3,(H,17,18). The van der Waals surface area contributed by atoms with Crippen LogP contribution in [0, 0.1) is 0 Å². The van der Waals surface area contributed by atoms with Crippen LogP contribution in [0.25, 0.3) is 0 Å². The summed E-state index contributed by atoms with van der Waals surface area (Å²) < 4.78 is 27.7. The van der Waals surface area contributed by atoms with Crippen LogP contribution >= 0.6 is 0 Å². The molecular formula is C15H22N2O4S. The third kappa shape index (κ3) is 5.31. The number of benzene rings is 1. The number of methoxy groups -OCH3 is 1. The fourth-order valence-electron chi connectivity index (χ4n) is 2.38. The molecule has 22 heavy (non-hydrogen) atoms. The van der Waals surface area contributed by atoms with Crippen molar-refractivity contribution in [2.75, 3.05) is 25.2 Å². The number of nitrogens with one attached hydrogen (secondary N) is 2. The van der Waals surface area contributed by atoms with Crippen LogP contribution < -0.4 is 15.4 Å². The highest BCUT2D eigenvalue weighted by Gasteiger charge is 2.27. The maximum Gasteiger partial charge on any atom is 0.221 e. The second-order valence-electron chi connectivity index (χ2n) is 5.43. The van der Waals surface area contributed by atoms with Crippen molar-refractivity contribution in [1.29, 1.82) is 0 Å². The Morgan fingerprint density at radius 2 is 2.05 bits per heavy atom. The van der Waals surface area contributed by atoms with E-state index < -0.39 is 9.84 Å². The van der Waals surface area contributed by atoms with E-state index in [1.165, 1.54) is 0 Å². The minimum atomic E-state index is -2.87. The van der Waals surface area contributed by atoms with Crippen LogP contribution in [-0.2, 0) is 21.2 Å². The number of hydrogen-bond acceptors (Lipinski definition) is 5. The second-order valence-corrected chi connectivity index (χ2v) is 7.66. The van der Waals surface area contributed by atoms with Gasteiger partial charge in [-0.05, 0) is 24.1 Å². The summed E-state index contributed by atoms with van der Waals surface area (Å²) in [6.07, 6.45) is 0.975. The summed E-state index contributed by atoms with van der Waals surface area (Å²) in [5.41, 5.74) is 1.00. The van der Waals surface area contributed by atoms with Crippen LogP contribution in [0.4, 0.5) is 0 Å². The van der Waals surface area contributed by atoms with Gasteiger partial charge in [-0.1, -0.05) is 12.1 Å². The van der Waals surface area contributed by atoms with Crippen molar-refractivity contribution in [3.05, 3.63) is 29.8 Å². The summed E-state index contributed by atoms with van der Waals surface area (Å²) in [5, 5.41) is 5.96. The van der Waals surface area contributed by atoms with Crippen molar-refractivity contribution >= 4 is 15.7 Å². The molecule has 0 bridgehead atoms. The van der Waals surface area contributed by atoms with Crippen molar-refractivity contribution in [3.8, 4) is 5.75 Å². The molecule has 1 fully saturated rings. The molecule has 0 aromatic heterocycles.